The van der Waals surface area contributed by atoms with E-state index in [1.807, 2.05) is 12.1 Å². The van der Waals surface area contributed by atoms with Gasteiger partial charge in [-0.25, -0.2) is 4.79 Å². The monoisotopic (exact) mass is 219 g/mol. The molecule has 6 heteroatoms. The molecule has 0 aromatic heterocycles. The van der Waals surface area contributed by atoms with Crippen LogP contribution in [0.4, 0.5) is 11.4 Å². The molecule has 0 saturated heterocycles. The minimum atomic E-state index is -1.14. The van der Waals surface area contributed by atoms with Crippen LogP contribution in [0.5, 0.6) is 0 Å². The summed E-state index contributed by atoms with van der Waals surface area (Å²) in [5.74, 6) is -1.14. The van der Waals surface area contributed by atoms with Gasteiger partial charge in [0.2, 0.25) is 0 Å². The molecule has 0 saturated carbocycles. The molecule has 1 aromatic rings. The molecule has 1 heterocycles. The van der Waals surface area contributed by atoms with Crippen LogP contribution in [0.2, 0.25) is 0 Å². The van der Waals surface area contributed by atoms with E-state index in [-0.39, 0.29) is 5.70 Å². The van der Waals surface area contributed by atoms with Gasteiger partial charge in [0.25, 0.3) is 0 Å². The Morgan fingerprint density at radius 2 is 1.81 bits per heavy atom. The van der Waals surface area contributed by atoms with Gasteiger partial charge in [-0.3, -0.25) is 10.1 Å². The fraction of sp³-hybridized carbons (Fsp3) is 0.100. The van der Waals surface area contributed by atoms with Crippen LogP contribution in [-0.4, -0.2) is 10.8 Å². The van der Waals surface area contributed by atoms with Gasteiger partial charge < -0.3 is 10.6 Å². The maximum absolute atomic E-state index is 11.3. The highest BCUT2D eigenvalue weighted by Crippen LogP contribution is 2.29. The molecule has 0 atom stereocenters. The van der Waals surface area contributed by atoms with Crippen molar-refractivity contribution in [1.82, 2.24) is 0 Å². The molecule has 0 bridgehead atoms. The number of benzene rings is 1. The molecular formula is C10H9N3O3. The Kier molecular flexibility index (Phi) is 2.32. The summed E-state index contributed by atoms with van der Waals surface area (Å²) in [6, 6.07) is 7.17. The highest BCUT2D eigenvalue weighted by molar-refractivity contribution is 5.95. The number of fused-ring (bicyclic) bond motifs is 1. The number of anilines is 2. The number of rotatable bonds is 1. The molecule has 1 aliphatic heterocycles. The average Bonchev–Trinajstić information content (AvgIpc) is 2.27. The second-order valence-corrected chi connectivity index (χ2v) is 3.36. The summed E-state index contributed by atoms with van der Waals surface area (Å²) in [5.41, 5.74) is 1.86. The zero-order valence-corrected chi connectivity index (χ0v) is 8.48. The zero-order chi connectivity index (χ0) is 11.7. The summed E-state index contributed by atoms with van der Waals surface area (Å²) in [5, 5.41) is 16.1. The van der Waals surface area contributed by atoms with Gasteiger partial charge in [-0.1, -0.05) is 12.1 Å². The van der Waals surface area contributed by atoms with Crippen LogP contribution in [0.3, 0.4) is 0 Å². The van der Waals surface area contributed by atoms with Crippen LogP contribution < -0.4 is 10.6 Å². The Morgan fingerprint density at radius 3 is 2.38 bits per heavy atom. The van der Waals surface area contributed by atoms with Gasteiger partial charge >= 0.3 is 5.91 Å². The largest absolute Gasteiger partial charge is 0.494 e. The third kappa shape index (κ3) is 1.60. The minimum absolute atomic E-state index is 0.0244. The van der Waals surface area contributed by atoms with Crippen molar-refractivity contribution in [3.8, 4) is 0 Å². The number of nitro groups is 1. The first-order valence-electron chi connectivity index (χ1n) is 4.62. The van der Waals surface area contributed by atoms with Crippen LogP contribution in [-0.2, 0) is 4.79 Å². The third-order valence-electron chi connectivity index (χ3n) is 2.26. The lowest BCUT2D eigenvalue weighted by Crippen LogP contribution is -2.26. The van der Waals surface area contributed by atoms with E-state index in [0.29, 0.717) is 11.4 Å². The summed E-state index contributed by atoms with van der Waals surface area (Å²) in [6.07, 6.45) is 0. The van der Waals surface area contributed by atoms with E-state index in [1.54, 1.807) is 19.1 Å². The maximum atomic E-state index is 11.3. The number of hydrogen-bond donors (Lipinski definition) is 2. The second-order valence-electron chi connectivity index (χ2n) is 3.36. The van der Waals surface area contributed by atoms with E-state index in [1.165, 1.54) is 0 Å². The number of amides is 1. The standard InChI is InChI=1S/C10H9N3O3/c1-6-9(10(14)13(15)16)12-8-5-3-2-4-7(8)11-6/h2-5,11-12H,1H3. The van der Waals surface area contributed by atoms with Gasteiger partial charge in [-0.05, 0) is 19.1 Å². The molecule has 1 aromatic carbocycles. The molecular weight excluding hydrogens is 210 g/mol. The van der Waals surface area contributed by atoms with E-state index < -0.39 is 10.8 Å². The molecule has 82 valence electrons. The molecule has 0 radical (unpaired) electrons. The van der Waals surface area contributed by atoms with Crippen molar-refractivity contribution in [3.05, 3.63) is 45.8 Å². The van der Waals surface area contributed by atoms with Gasteiger partial charge in [0.1, 0.15) is 4.92 Å². The topological polar surface area (TPSA) is 84.3 Å². The zero-order valence-electron chi connectivity index (χ0n) is 8.48. The average molecular weight is 219 g/mol. The fourth-order valence-electron chi connectivity index (χ4n) is 1.50. The lowest BCUT2D eigenvalue weighted by Gasteiger charge is -2.20. The molecule has 0 spiro atoms. The molecule has 0 fully saturated rings. The summed E-state index contributed by atoms with van der Waals surface area (Å²) in [6.45, 7) is 1.61. The number of nitrogens with zero attached hydrogens (tertiary/aromatic N) is 1. The summed E-state index contributed by atoms with van der Waals surface area (Å²) >= 11 is 0. The lowest BCUT2D eigenvalue weighted by atomic mass is 10.2. The molecule has 0 unspecified atom stereocenters. The second kappa shape index (κ2) is 3.65. The SMILES string of the molecule is CC1=C(C(=O)[N+](=O)[O-])Nc2ccccc2N1. The Bertz CT molecular complexity index is 508. The number of allylic oxidation sites excluding steroid dienone is 1. The minimum Gasteiger partial charge on any atom is -0.355 e. The molecule has 6 nitrogen and oxygen atoms in total. The molecule has 1 amide bonds. The number of nitrogens with one attached hydrogen (secondary N) is 2. The van der Waals surface area contributed by atoms with Gasteiger partial charge in [-0.2, -0.15) is 0 Å². The van der Waals surface area contributed by atoms with Crippen molar-refractivity contribution in [2.75, 3.05) is 10.6 Å². The molecule has 2 rings (SSSR count). The van der Waals surface area contributed by atoms with E-state index in [9.17, 15) is 14.9 Å². The highest BCUT2D eigenvalue weighted by atomic mass is 16.6. The number of hydrogen-bond acceptors (Lipinski definition) is 5. The lowest BCUT2D eigenvalue weighted by molar-refractivity contribution is -0.397. The quantitative estimate of drug-likeness (QED) is 0.553. The fourth-order valence-corrected chi connectivity index (χ4v) is 1.50. The Hall–Kier alpha value is -2.37. The van der Waals surface area contributed by atoms with Crippen molar-refractivity contribution in [2.24, 2.45) is 0 Å². The molecule has 1 aliphatic rings. The van der Waals surface area contributed by atoms with Crippen molar-refractivity contribution in [3.63, 3.8) is 0 Å². The molecule has 2 N–H and O–H groups in total. The van der Waals surface area contributed by atoms with E-state index >= 15 is 0 Å². The normalized spacial score (nSPS) is 13.6. The predicted octanol–water partition coefficient (Wildman–Crippen LogP) is 1.56. The van der Waals surface area contributed by atoms with Gasteiger partial charge in [0, 0.05) is 5.70 Å². The van der Waals surface area contributed by atoms with Crippen LogP contribution >= 0.6 is 0 Å². The van der Waals surface area contributed by atoms with E-state index in [2.05, 4.69) is 10.6 Å². The first-order chi connectivity index (χ1) is 7.59. The maximum Gasteiger partial charge on any atom is 0.494 e. The first kappa shape index (κ1) is 10.2. The van der Waals surface area contributed by atoms with E-state index in [0.717, 1.165) is 5.69 Å². The van der Waals surface area contributed by atoms with Gasteiger partial charge in [0.15, 0.2) is 5.70 Å². The predicted molar refractivity (Wildman–Crippen MR) is 58.4 cm³/mol. The van der Waals surface area contributed by atoms with Crippen molar-refractivity contribution >= 4 is 17.3 Å². The molecule has 0 aliphatic carbocycles. The van der Waals surface area contributed by atoms with Crippen LogP contribution in [0.15, 0.2) is 35.7 Å². The number of carbonyl (C=O) groups excluding carboxylic acids is 1. The summed E-state index contributed by atoms with van der Waals surface area (Å²) < 4.78 is 0. The third-order valence-corrected chi connectivity index (χ3v) is 2.26. The first-order valence-corrected chi connectivity index (χ1v) is 4.62. The van der Waals surface area contributed by atoms with Gasteiger partial charge in [0.05, 0.1) is 11.4 Å². The van der Waals surface area contributed by atoms with Crippen molar-refractivity contribution < 1.29 is 9.72 Å². The Balaban J connectivity index is 2.38. The number of para-hydroxylation sites is 2. The summed E-state index contributed by atoms with van der Waals surface area (Å²) in [7, 11) is 0. The van der Waals surface area contributed by atoms with E-state index in [4.69, 9.17) is 0 Å². The Labute approximate surface area is 91.1 Å². The Morgan fingerprint density at radius 1 is 1.25 bits per heavy atom. The van der Waals surface area contributed by atoms with Gasteiger partial charge in [-0.15, -0.1) is 0 Å². The number of carbonyl (C=O) groups is 1. The van der Waals surface area contributed by atoms with Crippen LogP contribution in [0, 0.1) is 10.1 Å². The summed E-state index contributed by atoms with van der Waals surface area (Å²) in [4.78, 5) is 20.7. The highest BCUT2D eigenvalue weighted by Gasteiger charge is 2.28. The smallest absolute Gasteiger partial charge is 0.355 e. The molecule has 16 heavy (non-hydrogen) atoms. The van der Waals surface area contributed by atoms with Crippen molar-refractivity contribution in [2.45, 2.75) is 6.92 Å². The van der Waals surface area contributed by atoms with Crippen LogP contribution in [0.25, 0.3) is 0 Å². The van der Waals surface area contributed by atoms with Crippen LogP contribution in [0.1, 0.15) is 6.92 Å². The van der Waals surface area contributed by atoms with Crippen molar-refractivity contribution in [1.29, 1.82) is 0 Å².